The number of hydrogen-bond acceptors (Lipinski definition) is 5. The van der Waals surface area contributed by atoms with Crippen molar-refractivity contribution in [3.63, 3.8) is 0 Å². The lowest BCUT2D eigenvalue weighted by molar-refractivity contribution is -0.132. The van der Waals surface area contributed by atoms with Crippen LogP contribution in [-0.2, 0) is 18.4 Å². The average Bonchev–Trinajstić information content (AvgIpc) is 3.47. The van der Waals surface area contributed by atoms with Gasteiger partial charge in [0.25, 0.3) is 5.56 Å². The summed E-state index contributed by atoms with van der Waals surface area (Å²) in [6, 6.07) is 7.50. The molecule has 5 rings (SSSR count). The highest BCUT2D eigenvalue weighted by Gasteiger charge is 2.31. The molecule has 2 aromatic heterocycles. The molecule has 0 atom stereocenters. The van der Waals surface area contributed by atoms with Crippen molar-refractivity contribution in [1.29, 1.82) is 0 Å². The van der Waals surface area contributed by atoms with Crippen LogP contribution in [0.15, 0.2) is 40.2 Å². The van der Waals surface area contributed by atoms with E-state index in [1.165, 1.54) is 15.6 Å². The van der Waals surface area contributed by atoms with Gasteiger partial charge in [0.05, 0.1) is 17.2 Å². The second-order valence-corrected chi connectivity index (χ2v) is 9.24. The number of rotatable bonds is 5. The number of carbonyl (C=O) groups excluding carboxylic acids is 1. The predicted octanol–water partition coefficient (Wildman–Crippen LogP) is 2.20. The zero-order valence-electron chi connectivity index (χ0n) is 19.0. The molecule has 9 heteroatoms. The van der Waals surface area contributed by atoms with Gasteiger partial charge in [-0.2, -0.15) is 5.10 Å². The summed E-state index contributed by atoms with van der Waals surface area (Å²) in [5.41, 5.74) is 0.523. The van der Waals surface area contributed by atoms with E-state index in [-0.39, 0.29) is 35.5 Å². The largest absolute Gasteiger partial charge is 0.345 e. The summed E-state index contributed by atoms with van der Waals surface area (Å²) in [7, 11) is 1.72. The normalized spacial score (nSPS) is 17.8. The minimum atomic E-state index is -0.118. The van der Waals surface area contributed by atoms with Crippen LogP contribution in [0, 0.1) is 0 Å². The number of benzene rings is 1. The first-order chi connectivity index (χ1) is 16.0. The zero-order valence-corrected chi connectivity index (χ0v) is 19.0. The van der Waals surface area contributed by atoms with Crippen LogP contribution in [0.2, 0.25) is 0 Å². The molecule has 3 heterocycles. The molecule has 1 saturated carbocycles. The second-order valence-electron chi connectivity index (χ2n) is 9.24. The van der Waals surface area contributed by atoms with Gasteiger partial charge in [-0.05, 0) is 37.8 Å². The number of para-hydroxylation sites is 1. The maximum absolute atomic E-state index is 12.8. The fourth-order valence-electron chi connectivity index (χ4n) is 5.31. The van der Waals surface area contributed by atoms with Gasteiger partial charge in [-0.3, -0.25) is 18.7 Å². The van der Waals surface area contributed by atoms with Gasteiger partial charge in [0.15, 0.2) is 0 Å². The van der Waals surface area contributed by atoms with E-state index in [0.717, 1.165) is 44.3 Å². The SMILES string of the molecule is Cn1nc(C2CCN(C(=O)CCn3cnc4ccccc4c3=O)CC2)n(C2CCCC2)c1=O. The molecule has 0 spiro atoms. The van der Waals surface area contributed by atoms with Crippen LogP contribution in [0.3, 0.4) is 0 Å². The minimum Gasteiger partial charge on any atom is -0.343 e. The summed E-state index contributed by atoms with van der Waals surface area (Å²) < 4.78 is 4.90. The molecule has 0 radical (unpaired) electrons. The molecule has 1 aromatic carbocycles. The Labute approximate surface area is 191 Å². The molecule has 0 N–H and O–H groups in total. The molecule has 174 valence electrons. The number of fused-ring (bicyclic) bond motifs is 1. The monoisotopic (exact) mass is 450 g/mol. The van der Waals surface area contributed by atoms with E-state index in [9.17, 15) is 14.4 Å². The third kappa shape index (κ3) is 4.12. The first-order valence-corrected chi connectivity index (χ1v) is 11.9. The molecule has 1 aliphatic heterocycles. The fourth-order valence-corrected chi connectivity index (χ4v) is 5.31. The van der Waals surface area contributed by atoms with E-state index < -0.39 is 0 Å². The summed E-state index contributed by atoms with van der Waals surface area (Å²) in [6.07, 6.45) is 7.79. The van der Waals surface area contributed by atoms with Crippen LogP contribution in [0.25, 0.3) is 10.9 Å². The fraction of sp³-hybridized carbons (Fsp3) is 0.542. The summed E-state index contributed by atoms with van der Waals surface area (Å²) in [5.74, 6) is 1.12. The van der Waals surface area contributed by atoms with E-state index in [1.807, 2.05) is 27.7 Å². The van der Waals surface area contributed by atoms with Crippen molar-refractivity contribution in [2.75, 3.05) is 13.1 Å². The highest BCUT2D eigenvalue weighted by Crippen LogP contribution is 2.33. The van der Waals surface area contributed by atoms with Gasteiger partial charge in [0.2, 0.25) is 5.91 Å². The van der Waals surface area contributed by atoms with Crippen LogP contribution in [0.4, 0.5) is 0 Å². The molecule has 3 aromatic rings. The van der Waals surface area contributed by atoms with Gasteiger partial charge in [-0.1, -0.05) is 25.0 Å². The Morgan fingerprint density at radius 1 is 1.06 bits per heavy atom. The Morgan fingerprint density at radius 3 is 2.55 bits per heavy atom. The van der Waals surface area contributed by atoms with Gasteiger partial charge in [0, 0.05) is 45.1 Å². The van der Waals surface area contributed by atoms with Crippen molar-refractivity contribution >= 4 is 16.8 Å². The van der Waals surface area contributed by atoms with Crippen molar-refractivity contribution in [3.05, 3.63) is 57.3 Å². The lowest BCUT2D eigenvalue weighted by atomic mass is 9.95. The Balaban J connectivity index is 1.22. The van der Waals surface area contributed by atoms with Crippen molar-refractivity contribution < 1.29 is 4.79 Å². The maximum Gasteiger partial charge on any atom is 0.345 e. The summed E-state index contributed by atoms with van der Waals surface area (Å²) in [6.45, 7) is 1.60. The van der Waals surface area contributed by atoms with Gasteiger partial charge < -0.3 is 4.90 Å². The molecule has 0 unspecified atom stereocenters. The maximum atomic E-state index is 12.8. The lowest BCUT2D eigenvalue weighted by Crippen LogP contribution is -2.39. The second kappa shape index (κ2) is 8.96. The zero-order chi connectivity index (χ0) is 22.9. The van der Waals surface area contributed by atoms with Gasteiger partial charge >= 0.3 is 5.69 Å². The van der Waals surface area contributed by atoms with Crippen LogP contribution < -0.4 is 11.2 Å². The summed E-state index contributed by atoms with van der Waals surface area (Å²) >= 11 is 0. The van der Waals surface area contributed by atoms with E-state index in [1.54, 1.807) is 13.1 Å². The van der Waals surface area contributed by atoms with E-state index in [4.69, 9.17) is 0 Å². The van der Waals surface area contributed by atoms with Crippen LogP contribution in [0.1, 0.15) is 62.7 Å². The number of nitrogens with zero attached hydrogens (tertiary/aromatic N) is 6. The summed E-state index contributed by atoms with van der Waals surface area (Å²) in [5, 5.41) is 5.14. The van der Waals surface area contributed by atoms with Gasteiger partial charge in [-0.25, -0.2) is 14.5 Å². The number of carbonyl (C=O) groups is 1. The van der Waals surface area contributed by atoms with Crippen molar-refractivity contribution in [1.82, 2.24) is 28.8 Å². The molecular weight excluding hydrogens is 420 g/mol. The molecular formula is C24H30N6O3. The molecule has 33 heavy (non-hydrogen) atoms. The predicted molar refractivity (Wildman–Crippen MR) is 124 cm³/mol. The number of aryl methyl sites for hydroxylation is 2. The summed E-state index contributed by atoms with van der Waals surface area (Å²) in [4.78, 5) is 44.4. The number of hydrogen-bond donors (Lipinski definition) is 0. The lowest BCUT2D eigenvalue weighted by Gasteiger charge is -2.32. The number of amides is 1. The molecule has 0 bridgehead atoms. The highest BCUT2D eigenvalue weighted by atomic mass is 16.2. The first-order valence-electron chi connectivity index (χ1n) is 11.9. The highest BCUT2D eigenvalue weighted by molar-refractivity contribution is 5.77. The molecule has 1 saturated heterocycles. The van der Waals surface area contributed by atoms with Crippen LogP contribution in [-0.4, -0.2) is 47.8 Å². The average molecular weight is 451 g/mol. The van der Waals surface area contributed by atoms with Crippen LogP contribution in [0.5, 0.6) is 0 Å². The van der Waals surface area contributed by atoms with Crippen LogP contribution >= 0.6 is 0 Å². The van der Waals surface area contributed by atoms with E-state index >= 15 is 0 Å². The third-order valence-corrected chi connectivity index (χ3v) is 7.18. The van der Waals surface area contributed by atoms with Crippen molar-refractivity contribution in [3.8, 4) is 0 Å². The van der Waals surface area contributed by atoms with Crippen molar-refractivity contribution in [2.24, 2.45) is 7.05 Å². The molecule has 2 aliphatic rings. The topological polar surface area (TPSA) is 95.0 Å². The smallest absolute Gasteiger partial charge is 0.343 e. The molecule has 1 aliphatic carbocycles. The van der Waals surface area contributed by atoms with Crippen molar-refractivity contribution in [2.45, 2.75) is 63.5 Å². The third-order valence-electron chi connectivity index (χ3n) is 7.18. The first kappa shape index (κ1) is 21.6. The van der Waals surface area contributed by atoms with E-state index in [2.05, 4.69) is 10.1 Å². The Kier molecular flexibility index (Phi) is 5.86. The molecule has 1 amide bonds. The Bertz CT molecular complexity index is 1280. The number of likely N-dealkylation sites (tertiary alicyclic amines) is 1. The minimum absolute atomic E-state index is 0.0233. The van der Waals surface area contributed by atoms with Gasteiger partial charge in [0.1, 0.15) is 5.82 Å². The number of piperidine rings is 1. The number of aromatic nitrogens is 5. The standard InChI is InChI=1S/C24H30N6O3/c1-27-24(33)30(18-6-2-3-7-18)22(26-27)17-10-13-28(14-11-17)21(31)12-15-29-16-25-20-9-5-4-8-19(20)23(29)32/h4-5,8-9,16-18H,2-3,6-7,10-15H2,1H3. The Hall–Kier alpha value is -3.23. The molecule has 9 nitrogen and oxygen atoms in total. The molecule has 2 fully saturated rings. The van der Waals surface area contributed by atoms with Gasteiger partial charge in [-0.15, -0.1) is 0 Å². The Morgan fingerprint density at radius 2 is 1.79 bits per heavy atom. The quantitative estimate of drug-likeness (QED) is 0.594. The van der Waals surface area contributed by atoms with E-state index in [0.29, 0.717) is 30.5 Å².